The molecule has 1 aliphatic carbocycles. The number of benzene rings is 1. The quantitative estimate of drug-likeness (QED) is 0.416. The molecule has 6 rings (SSSR count). The van der Waals surface area contributed by atoms with E-state index < -0.39 is 18.8 Å². The molecule has 0 atom stereocenters. The number of fused-ring (bicyclic) bond motifs is 2. The Morgan fingerprint density at radius 1 is 1.14 bits per heavy atom. The Labute approximate surface area is 208 Å². The van der Waals surface area contributed by atoms with Crippen LogP contribution >= 0.6 is 0 Å². The first-order valence-corrected chi connectivity index (χ1v) is 12.5. The summed E-state index contributed by atoms with van der Waals surface area (Å²) in [5.41, 5.74) is 2.30. The number of imidazole rings is 1. The van der Waals surface area contributed by atoms with Crippen molar-refractivity contribution in [3.63, 3.8) is 0 Å². The van der Waals surface area contributed by atoms with E-state index in [-0.39, 0.29) is 17.2 Å². The maximum Gasteiger partial charge on any atom is 0.256 e. The number of hydrogen-bond acceptors (Lipinski definition) is 5. The van der Waals surface area contributed by atoms with Gasteiger partial charge in [0.25, 0.3) is 6.43 Å². The Bertz CT molecular complexity index is 1420. The van der Waals surface area contributed by atoms with Crippen LogP contribution in [0.5, 0.6) is 0 Å². The van der Waals surface area contributed by atoms with Crippen molar-refractivity contribution in [1.29, 1.82) is 0 Å². The third-order valence-electron chi connectivity index (χ3n) is 7.61. The molecule has 0 bridgehead atoms. The molecule has 0 unspecified atom stereocenters. The first-order valence-electron chi connectivity index (χ1n) is 12.5. The summed E-state index contributed by atoms with van der Waals surface area (Å²) in [7, 11) is 6.31. The van der Waals surface area contributed by atoms with Gasteiger partial charge in [-0.3, -0.25) is 0 Å². The summed E-state index contributed by atoms with van der Waals surface area (Å²) < 4.78 is 44.3. The Hall–Kier alpha value is -3.08. The van der Waals surface area contributed by atoms with E-state index in [9.17, 15) is 8.78 Å². The summed E-state index contributed by atoms with van der Waals surface area (Å²) in [6, 6.07) is 6.05. The molecule has 1 aromatic carbocycles. The number of aryl methyl sites for hydroxylation is 1. The van der Waals surface area contributed by atoms with Crippen molar-refractivity contribution in [3.8, 4) is 11.1 Å². The van der Waals surface area contributed by atoms with Crippen molar-refractivity contribution in [2.75, 3.05) is 18.4 Å². The molecule has 1 saturated carbocycles. The molecule has 7 nitrogen and oxygen atoms in total. The summed E-state index contributed by atoms with van der Waals surface area (Å²) >= 11 is 0. The number of aromatic nitrogens is 5. The lowest BCUT2D eigenvalue weighted by Gasteiger charge is -2.41. The van der Waals surface area contributed by atoms with Crippen LogP contribution in [0.15, 0.2) is 24.4 Å². The van der Waals surface area contributed by atoms with Gasteiger partial charge in [0.1, 0.15) is 13.7 Å². The minimum absolute atomic E-state index is 0.149. The fraction of sp³-hybridized carbons (Fsp3) is 0.480. The van der Waals surface area contributed by atoms with Crippen molar-refractivity contribution >= 4 is 35.9 Å². The summed E-state index contributed by atoms with van der Waals surface area (Å²) in [6.07, 6.45) is 4.67. The van der Waals surface area contributed by atoms with Crippen molar-refractivity contribution in [2.45, 2.75) is 64.1 Å². The minimum Gasteiger partial charge on any atom is -0.350 e. The fourth-order valence-corrected chi connectivity index (χ4v) is 5.53. The van der Waals surface area contributed by atoms with Crippen LogP contribution in [0.25, 0.3) is 27.7 Å². The van der Waals surface area contributed by atoms with E-state index in [2.05, 4.69) is 25.3 Å². The smallest absolute Gasteiger partial charge is 0.256 e. The second-order valence-electron chi connectivity index (χ2n) is 9.87. The van der Waals surface area contributed by atoms with Crippen LogP contribution in [0.2, 0.25) is 0 Å². The molecule has 36 heavy (non-hydrogen) atoms. The third kappa shape index (κ3) is 4.13. The van der Waals surface area contributed by atoms with E-state index in [1.165, 1.54) is 34.5 Å². The van der Waals surface area contributed by atoms with E-state index >= 15 is 4.39 Å². The highest BCUT2D eigenvalue weighted by Gasteiger charge is 2.29. The molecule has 1 aliphatic heterocycles. The second kappa shape index (κ2) is 9.10. The van der Waals surface area contributed by atoms with Crippen molar-refractivity contribution < 1.29 is 13.2 Å². The van der Waals surface area contributed by atoms with Gasteiger partial charge in [0.15, 0.2) is 5.82 Å². The summed E-state index contributed by atoms with van der Waals surface area (Å²) in [6.45, 7) is 3.29. The Kier molecular flexibility index (Phi) is 5.90. The van der Waals surface area contributed by atoms with Crippen LogP contribution in [-0.2, 0) is 6.54 Å². The van der Waals surface area contributed by atoms with Crippen molar-refractivity contribution in [2.24, 2.45) is 0 Å². The normalized spacial score (nSPS) is 17.9. The number of likely N-dealkylation sites (tertiary alicyclic amines) is 1. The number of hydrogen-bond donors (Lipinski definition) is 1. The highest BCUT2D eigenvalue weighted by atomic mass is 19.3. The highest BCUT2D eigenvalue weighted by Crippen LogP contribution is 2.32. The number of rotatable bonds is 6. The van der Waals surface area contributed by atoms with Crippen LogP contribution in [0.1, 0.15) is 37.9 Å². The Morgan fingerprint density at radius 2 is 1.92 bits per heavy atom. The van der Waals surface area contributed by atoms with Crippen LogP contribution < -0.4 is 10.9 Å². The van der Waals surface area contributed by atoms with Gasteiger partial charge in [-0.2, -0.15) is 0 Å². The predicted octanol–water partition coefficient (Wildman–Crippen LogP) is 3.68. The monoisotopic (exact) mass is 493 g/mol. The average Bonchev–Trinajstić information content (AvgIpc) is 3.29. The van der Waals surface area contributed by atoms with Gasteiger partial charge in [0, 0.05) is 36.3 Å². The molecule has 2 fully saturated rings. The highest BCUT2D eigenvalue weighted by molar-refractivity contribution is 6.36. The zero-order chi connectivity index (χ0) is 25.0. The molecule has 3 aromatic heterocycles. The molecule has 2 aliphatic rings. The zero-order valence-electron chi connectivity index (χ0n) is 20.1. The molecule has 186 valence electrons. The van der Waals surface area contributed by atoms with Gasteiger partial charge >= 0.3 is 0 Å². The zero-order valence-corrected chi connectivity index (χ0v) is 20.1. The number of piperidine rings is 1. The second-order valence-corrected chi connectivity index (χ2v) is 9.87. The Balaban J connectivity index is 1.29. The lowest BCUT2D eigenvalue weighted by atomic mass is 9.89. The van der Waals surface area contributed by atoms with Gasteiger partial charge < -0.3 is 14.8 Å². The largest absolute Gasteiger partial charge is 0.350 e. The number of alkyl halides is 2. The molecular weight excluding hydrogens is 466 g/mol. The van der Waals surface area contributed by atoms with Gasteiger partial charge in [-0.25, -0.2) is 27.7 Å². The molecule has 2 radical (unpaired) electrons. The van der Waals surface area contributed by atoms with Crippen LogP contribution in [0.3, 0.4) is 0 Å². The summed E-state index contributed by atoms with van der Waals surface area (Å²) in [4.78, 5) is 11.4. The van der Waals surface area contributed by atoms with Crippen molar-refractivity contribution in [3.05, 3.63) is 36.0 Å². The third-order valence-corrected chi connectivity index (χ3v) is 7.61. The first-order chi connectivity index (χ1) is 17.4. The van der Waals surface area contributed by atoms with E-state index in [1.807, 2.05) is 0 Å². The van der Waals surface area contributed by atoms with Crippen LogP contribution in [0, 0.1) is 12.7 Å². The topological polar surface area (TPSA) is 63.3 Å². The van der Waals surface area contributed by atoms with Gasteiger partial charge in [-0.15, -0.1) is 5.10 Å². The predicted molar refractivity (Wildman–Crippen MR) is 134 cm³/mol. The van der Waals surface area contributed by atoms with E-state index in [0.717, 1.165) is 32.0 Å². The summed E-state index contributed by atoms with van der Waals surface area (Å²) in [5.74, 6) is 0.324. The molecule has 4 aromatic rings. The van der Waals surface area contributed by atoms with Gasteiger partial charge in [0.2, 0.25) is 5.95 Å². The SMILES string of the molecule is [B]c1nc(NC2CCN(C3CCC3)CC2)nn2cc(F)c(-c3ccc4nc(C)n(CC(F)F)c4c3)c12. The van der Waals surface area contributed by atoms with Gasteiger partial charge in [-0.1, -0.05) is 12.5 Å². The maximum absolute atomic E-state index is 15.2. The molecule has 0 amide bonds. The molecule has 1 saturated heterocycles. The van der Waals surface area contributed by atoms with Crippen molar-refractivity contribution in [1.82, 2.24) is 29.0 Å². The molecule has 11 heteroatoms. The van der Waals surface area contributed by atoms with Gasteiger partial charge in [0.05, 0.1) is 29.3 Å². The minimum atomic E-state index is -2.53. The lowest BCUT2D eigenvalue weighted by Crippen LogP contribution is -2.47. The standard InChI is InChI=1S/C25H27BF3N7/c1-14-30-19-6-5-15(11-20(19)35(14)13-21(28)29)22-18(27)12-36-23(22)24(26)32-25(33-36)31-16-7-9-34(10-8-16)17-3-2-4-17/h5-6,11-12,16-17,21H,2-4,7-10,13H2,1H3,(H,31,33). The lowest BCUT2D eigenvalue weighted by molar-refractivity contribution is 0.101. The van der Waals surface area contributed by atoms with Crippen LogP contribution in [0.4, 0.5) is 19.1 Å². The molecular formula is C25H27BF3N7. The first kappa shape index (κ1) is 23.3. The van der Waals surface area contributed by atoms with E-state index in [4.69, 9.17) is 7.85 Å². The molecule has 0 spiro atoms. The number of nitrogens with zero attached hydrogens (tertiary/aromatic N) is 6. The summed E-state index contributed by atoms with van der Waals surface area (Å²) in [5, 5.41) is 7.86. The Morgan fingerprint density at radius 3 is 2.61 bits per heavy atom. The average molecular weight is 493 g/mol. The van der Waals surface area contributed by atoms with E-state index in [0.29, 0.717) is 33.9 Å². The fourth-order valence-electron chi connectivity index (χ4n) is 5.53. The molecule has 4 heterocycles. The maximum atomic E-state index is 15.2. The number of halogens is 3. The van der Waals surface area contributed by atoms with Crippen LogP contribution in [-0.4, -0.2) is 68.5 Å². The molecule has 1 N–H and O–H groups in total. The van der Waals surface area contributed by atoms with E-state index in [1.54, 1.807) is 25.1 Å². The van der Waals surface area contributed by atoms with Gasteiger partial charge in [-0.05, 0) is 50.3 Å². The number of nitrogens with one attached hydrogen (secondary N) is 1. The number of anilines is 1.